The molecule has 2 heterocycles. The van der Waals surface area contributed by atoms with E-state index in [9.17, 15) is 22.4 Å². The van der Waals surface area contributed by atoms with Crippen molar-refractivity contribution >= 4 is 33.5 Å². The molecule has 0 fully saturated rings. The van der Waals surface area contributed by atoms with Crippen LogP contribution in [-0.2, 0) is 24.3 Å². The number of nitrogens with zero attached hydrogens (tertiary/aromatic N) is 1. The normalized spacial score (nSPS) is 21.9. The molecule has 0 radical (unpaired) electrons. The molecule has 1 aliphatic carbocycles. The van der Waals surface area contributed by atoms with E-state index in [0.717, 1.165) is 10.5 Å². The second kappa shape index (κ2) is 8.65. The maximum atomic E-state index is 14.1. The molecule has 9 nitrogen and oxygen atoms in total. The average molecular weight is 496 g/mol. The van der Waals surface area contributed by atoms with Crippen LogP contribution in [0, 0.1) is 5.82 Å². The van der Waals surface area contributed by atoms with Crippen LogP contribution in [-0.4, -0.2) is 43.4 Å². The van der Waals surface area contributed by atoms with Crippen molar-refractivity contribution in [3.05, 3.63) is 81.6 Å². The number of fused-ring (bicyclic) bond motifs is 1. The molecule has 2 N–H and O–H groups in total. The van der Waals surface area contributed by atoms with Crippen molar-refractivity contribution in [3.8, 4) is 0 Å². The largest absolute Gasteiger partial charge is 0.466 e. The van der Waals surface area contributed by atoms with Gasteiger partial charge in [0.2, 0.25) is 0 Å². The van der Waals surface area contributed by atoms with Crippen molar-refractivity contribution in [2.45, 2.75) is 24.9 Å². The molecule has 0 saturated heterocycles. The molecule has 33 heavy (non-hydrogen) atoms. The fourth-order valence-electron chi connectivity index (χ4n) is 3.57. The predicted octanol–water partition coefficient (Wildman–Crippen LogP) is 2.26. The first-order valence-electron chi connectivity index (χ1n) is 9.76. The number of rotatable bonds is 5. The monoisotopic (exact) mass is 495 g/mol. The fraction of sp³-hybridized carbons (Fsp3) is 0.238. The molecule has 3 aliphatic rings. The molecule has 0 aromatic heterocycles. The predicted molar refractivity (Wildman–Crippen MR) is 116 cm³/mol. The lowest BCUT2D eigenvalue weighted by molar-refractivity contribution is -0.137. The zero-order valence-electron chi connectivity index (χ0n) is 17.5. The number of hydrazine groups is 1. The lowest BCUT2D eigenvalue weighted by Gasteiger charge is -2.26. The van der Waals surface area contributed by atoms with Gasteiger partial charge in [0.25, 0.3) is 15.9 Å². The number of halogens is 2. The molecular formula is C21H19ClFN3O6S. The van der Waals surface area contributed by atoms with Crippen molar-refractivity contribution in [2.24, 2.45) is 0 Å². The summed E-state index contributed by atoms with van der Waals surface area (Å²) in [5.41, 5.74) is 2.19. The Morgan fingerprint density at radius 1 is 1.36 bits per heavy atom. The van der Waals surface area contributed by atoms with E-state index in [1.54, 1.807) is 13.0 Å². The van der Waals surface area contributed by atoms with Crippen molar-refractivity contribution in [1.82, 2.24) is 15.2 Å². The Labute approximate surface area is 194 Å². The van der Waals surface area contributed by atoms with Crippen LogP contribution in [0.15, 0.2) is 65.2 Å². The van der Waals surface area contributed by atoms with Gasteiger partial charge in [-0.3, -0.25) is 10.2 Å². The molecule has 0 bridgehead atoms. The van der Waals surface area contributed by atoms with E-state index >= 15 is 0 Å². The molecule has 1 aromatic carbocycles. The summed E-state index contributed by atoms with van der Waals surface area (Å²) in [5.74, 6) is -2.23. The molecule has 0 saturated carbocycles. The second-order valence-corrected chi connectivity index (χ2v) is 9.58. The van der Waals surface area contributed by atoms with Crippen molar-refractivity contribution in [1.29, 1.82) is 0 Å². The van der Waals surface area contributed by atoms with Gasteiger partial charge in [0.1, 0.15) is 5.82 Å². The average Bonchev–Trinajstić information content (AvgIpc) is 3.37. The Morgan fingerprint density at radius 3 is 2.82 bits per heavy atom. The third-order valence-electron chi connectivity index (χ3n) is 5.25. The first kappa shape index (κ1) is 23.0. The maximum absolute atomic E-state index is 14.1. The van der Waals surface area contributed by atoms with Gasteiger partial charge in [-0.2, -0.15) is 4.41 Å². The molecule has 2 aliphatic heterocycles. The summed E-state index contributed by atoms with van der Waals surface area (Å²) < 4.78 is 51.6. The lowest BCUT2D eigenvalue weighted by atomic mass is 10.0. The minimum atomic E-state index is -4.16. The van der Waals surface area contributed by atoms with E-state index in [0.29, 0.717) is 12.0 Å². The Hall–Kier alpha value is -3.15. The fourth-order valence-corrected chi connectivity index (χ4v) is 5.29. The number of amides is 1. The summed E-state index contributed by atoms with van der Waals surface area (Å²) in [7, 11) is -2.97. The summed E-state index contributed by atoms with van der Waals surface area (Å²) in [6.07, 6.45) is 5.33. The summed E-state index contributed by atoms with van der Waals surface area (Å²) in [6.45, 7) is 1.55. The molecule has 1 amide bonds. The standard InChI is InChI=1S/C21H19ClFN3O6S/c1-11-14(21(28)31-2)9-18(32-11)33(29,30)26-17-8-13(7-6-12(17)10-24-26)25-20(27)19-15(22)4-3-5-16(19)23/h3-5,7-11,18,24H,6H2,1-2H3,(H,25,27). The lowest BCUT2D eigenvalue weighted by Crippen LogP contribution is -2.42. The van der Waals surface area contributed by atoms with E-state index in [2.05, 4.69) is 15.5 Å². The van der Waals surface area contributed by atoms with Crippen molar-refractivity contribution in [3.63, 3.8) is 0 Å². The van der Waals surface area contributed by atoms with Crippen LogP contribution in [0.4, 0.5) is 4.39 Å². The molecule has 174 valence electrons. The second-order valence-electron chi connectivity index (χ2n) is 7.31. The number of nitrogens with one attached hydrogen (secondary N) is 2. The van der Waals surface area contributed by atoms with E-state index in [1.807, 2.05) is 0 Å². The zero-order valence-corrected chi connectivity index (χ0v) is 19.0. The molecular weight excluding hydrogens is 477 g/mol. The topological polar surface area (TPSA) is 114 Å². The molecule has 4 rings (SSSR count). The van der Waals surface area contributed by atoms with Crippen LogP contribution < -0.4 is 10.7 Å². The van der Waals surface area contributed by atoms with Crippen LogP contribution in [0.25, 0.3) is 0 Å². The molecule has 12 heteroatoms. The maximum Gasteiger partial charge on any atom is 0.336 e. The van der Waals surface area contributed by atoms with E-state index in [1.165, 1.54) is 37.6 Å². The first-order valence-corrected chi connectivity index (χ1v) is 11.6. The smallest absolute Gasteiger partial charge is 0.336 e. The first-order chi connectivity index (χ1) is 15.6. The van der Waals surface area contributed by atoms with Gasteiger partial charge in [0.05, 0.1) is 35.1 Å². The zero-order chi connectivity index (χ0) is 23.9. The Kier molecular flexibility index (Phi) is 6.04. The highest BCUT2D eigenvalue weighted by Gasteiger charge is 2.43. The molecule has 2 atom stereocenters. The van der Waals surface area contributed by atoms with Crippen LogP contribution >= 0.6 is 11.6 Å². The van der Waals surface area contributed by atoms with Gasteiger partial charge < -0.3 is 14.8 Å². The summed E-state index contributed by atoms with van der Waals surface area (Å²) >= 11 is 5.95. The molecule has 0 spiro atoms. The Bertz CT molecular complexity index is 1250. The van der Waals surface area contributed by atoms with Gasteiger partial charge >= 0.3 is 5.97 Å². The third kappa shape index (κ3) is 4.14. The number of benzene rings is 1. The van der Waals surface area contributed by atoms with Gasteiger partial charge in [-0.25, -0.2) is 17.6 Å². The van der Waals surface area contributed by atoms with Gasteiger partial charge in [-0.05, 0) is 37.6 Å². The number of hydrogen-bond donors (Lipinski definition) is 2. The molecule has 2 unspecified atom stereocenters. The van der Waals surface area contributed by atoms with Crippen LogP contribution in [0.1, 0.15) is 23.7 Å². The van der Waals surface area contributed by atoms with Gasteiger partial charge in [0, 0.05) is 17.5 Å². The minimum Gasteiger partial charge on any atom is -0.466 e. The van der Waals surface area contributed by atoms with Crippen LogP contribution in [0.3, 0.4) is 0 Å². The van der Waals surface area contributed by atoms with Crippen molar-refractivity contribution in [2.75, 3.05) is 7.11 Å². The minimum absolute atomic E-state index is 0.0513. The number of ether oxygens (including phenoxy) is 2. The SMILES string of the molecule is COC(=O)C1=CC(S(=O)(=O)N2NC=C3CC=C(NC(=O)c4c(F)cccc4Cl)C=C32)OC1C. The van der Waals surface area contributed by atoms with Gasteiger partial charge in [0.15, 0.2) is 5.44 Å². The van der Waals surface area contributed by atoms with Crippen molar-refractivity contribution < 1.29 is 31.9 Å². The summed E-state index contributed by atoms with van der Waals surface area (Å²) in [6, 6.07) is 3.89. The number of sulfonamides is 1. The summed E-state index contributed by atoms with van der Waals surface area (Å²) in [5, 5.41) is 2.50. The third-order valence-corrected chi connectivity index (χ3v) is 7.21. The van der Waals surface area contributed by atoms with Gasteiger partial charge in [-0.1, -0.05) is 23.7 Å². The van der Waals surface area contributed by atoms with E-state index in [4.69, 9.17) is 16.3 Å². The Morgan fingerprint density at radius 2 is 2.12 bits per heavy atom. The summed E-state index contributed by atoms with van der Waals surface area (Å²) in [4.78, 5) is 24.4. The van der Waals surface area contributed by atoms with Crippen LogP contribution in [0.2, 0.25) is 5.02 Å². The van der Waals surface area contributed by atoms with E-state index < -0.39 is 39.3 Å². The number of carbonyl (C=O) groups excluding carboxylic acids is 2. The highest BCUT2D eigenvalue weighted by molar-refractivity contribution is 7.89. The molecule has 1 aromatic rings. The van der Waals surface area contributed by atoms with Crippen LogP contribution in [0.5, 0.6) is 0 Å². The number of carbonyl (C=O) groups is 2. The quantitative estimate of drug-likeness (QED) is 0.602. The highest BCUT2D eigenvalue weighted by Crippen LogP contribution is 2.34. The number of allylic oxidation sites excluding steroid dienone is 3. The Balaban J connectivity index is 1.58. The van der Waals surface area contributed by atoms with E-state index in [-0.39, 0.29) is 27.6 Å². The number of hydrogen-bond acceptors (Lipinski definition) is 7. The number of methoxy groups -OCH3 is 1. The van der Waals surface area contributed by atoms with Gasteiger partial charge in [-0.15, -0.1) is 0 Å². The highest BCUT2D eigenvalue weighted by atomic mass is 35.5. The number of esters is 1.